The summed E-state index contributed by atoms with van der Waals surface area (Å²) in [6.45, 7) is 4.56. The van der Waals surface area contributed by atoms with Crippen molar-refractivity contribution in [3.8, 4) is 0 Å². The summed E-state index contributed by atoms with van der Waals surface area (Å²) in [5.74, 6) is 0. The Morgan fingerprint density at radius 3 is 1.20 bits per heavy atom. The third kappa shape index (κ3) is 18.2. The maximum absolute atomic E-state index is 6.18. The third-order valence-corrected chi connectivity index (χ3v) is 4.11. The number of nitrogens with two attached hydrogens (primary N) is 1. The van der Waals surface area contributed by atoms with Crippen molar-refractivity contribution in [1.29, 1.82) is 0 Å². The maximum atomic E-state index is 6.18. The van der Waals surface area contributed by atoms with Crippen LogP contribution >= 0.6 is 12.4 Å². The first-order valence-electron chi connectivity index (χ1n) is 9.06. The van der Waals surface area contributed by atoms with E-state index in [0.29, 0.717) is 6.04 Å². The number of hydrogen-bond donors (Lipinski definition) is 1. The minimum Gasteiger partial charge on any atom is -0.328 e. The fourth-order valence-corrected chi connectivity index (χ4v) is 2.69. The van der Waals surface area contributed by atoms with Gasteiger partial charge in [-0.15, -0.1) is 12.4 Å². The van der Waals surface area contributed by atoms with Crippen LogP contribution in [0.4, 0.5) is 0 Å². The van der Waals surface area contributed by atoms with Gasteiger partial charge < -0.3 is 5.73 Å². The molecule has 0 spiro atoms. The molecule has 0 bridgehead atoms. The Kier molecular flexibility index (Phi) is 21.7. The summed E-state index contributed by atoms with van der Waals surface area (Å²) < 4.78 is 0. The highest BCUT2D eigenvalue weighted by molar-refractivity contribution is 5.85. The van der Waals surface area contributed by atoms with E-state index in [9.17, 15) is 0 Å². The minimum absolute atomic E-state index is 0. The highest BCUT2D eigenvalue weighted by atomic mass is 35.5. The van der Waals surface area contributed by atoms with Gasteiger partial charge in [-0.1, -0.05) is 97.3 Å². The van der Waals surface area contributed by atoms with Gasteiger partial charge in [-0.2, -0.15) is 0 Å². The largest absolute Gasteiger partial charge is 0.328 e. The van der Waals surface area contributed by atoms with Crippen LogP contribution in [0, 0.1) is 0 Å². The summed E-state index contributed by atoms with van der Waals surface area (Å²) in [7, 11) is 0. The second kappa shape index (κ2) is 19.2. The summed E-state index contributed by atoms with van der Waals surface area (Å²) in [5, 5.41) is 0. The van der Waals surface area contributed by atoms with Crippen LogP contribution in [-0.4, -0.2) is 6.04 Å². The molecule has 0 saturated carbocycles. The average Bonchev–Trinajstić information content (AvgIpc) is 2.41. The van der Waals surface area contributed by atoms with Crippen molar-refractivity contribution < 1.29 is 0 Å². The van der Waals surface area contributed by atoms with Crippen molar-refractivity contribution in [3.63, 3.8) is 0 Å². The van der Waals surface area contributed by atoms with Crippen LogP contribution in [-0.2, 0) is 0 Å². The lowest BCUT2D eigenvalue weighted by Crippen LogP contribution is -2.19. The molecule has 20 heavy (non-hydrogen) atoms. The minimum atomic E-state index is 0. The lowest BCUT2D eigenvalue weighted by atomic mass is 10.0. The molecule has 124 valence electrons. The average molecular weight is 306 g/mol. The summed E-state index contributed by atoms with van der Waals surface area (Å²) in [4.78, 5) is 0. The SMILES string of the molecule is CCCCCCCCCC(N)CCCCCCCC.Cl. The van der Waals surface area contributed by atoms with E-state index in [-0.39, 0.29) is 12.4 Å². The molecule has 0 aromatic heterocycles. The third-order valence-electron chi connectivity index (χ3n) is 4.11. The number of halogens is 1. The zero-order chi connectivity index (χ0) is 14.2. The maximum Gasteiger partial charge on any atom is 0.00388 e. The Hall–Kier alpha value is 0.250. The highest BCUT2D eigenvalue weighted by Crippen LogP contribution is 2.13. The van der Waals surface area contributed by atoms with Gasteiger partial charge in [0.25, 0.3) is 0 Å². The van der Waals surface area contributed by atoms with Crippen LogP contribution in [0.1, 0.15) is 110 Å². The van der Waals surface area contributed by atoms with E-state index in [4.69, 9.17) is 5.73 Å². The smallest absolute Gasteiger partial charge is 0.00388 e. The molecule has 0 rings (SSSR count). The van der Waals surface area contributed by atoms with Crippen molar-refractivity contribution in [1.82, 2.24) is 0 Å². The van der Waals surface area contributed by atoms with E-state index in [0.717, 1.165) is 0 Å². The predicted molar refractivity (Wildman–Crippen MR) is 95.8 cm³/mol. The Balaban J connectivity index is 0. The van der Waals surface area contributed by atoms with Crippen LogP contribution in [0.3, 0.4) is 0 Å². The van der Waals surface area contributed by atoms with Crippen molar-refractivity contribution in [2.45, 2.75) is 116 Å². The number of unbranched alkanes of at least 4 members (excludes halogenated alkanes) is 11. The van der Waals surface area contributed by atoms with E-state index in [1.807, 2.05) is 0 Å². The monoisotopic (exact) mass is 305 g/mol. The Morgan fingerprint density at radius 1 is 0.550 bits per heavy atom. The van der Waals surface area contributed by atoms with Gasteiger partial charge in [-0.05, 0) is 12.8 Å². The quantitative estimate of drug-likeness (QED) is 0.338. The van der Waals surface area contributed by atoms with E-state index >= 15 is 0 Å². The van der Waals surface area contributed by atoms with Gasteiger partial charge in [-0.25, -0.2) is 0 Å². The summed E-state index contributed by atoms with van der Waals surface area (Å²) in [6.07, 6.45) is 20.6. The molecule has 0 radical (unpaired) electrons. The van der Waals surface area contributed by atoms with Crippen molar-refractivity contribution in [2.75, 3.05) is 0 Å². The van der Waals surface area contributed by atoms with Crippen LogP contribution in [0.5, 0.6) is 0 Å². The first kappa shape index (κ1) is 22.5. The molecule has 0 aliphatic carbocycles. The highest BCUT2D eigenvalue weighted by Gasteiger charge is 2.02. The molecular weight excluding hydrogens is 266 g/mol. The molecule has 1 nitrogen and oxygen atoms in total. The normalized spacial score (nSPS) is 12.2. The standard InChI is InChI=1S/C18H39N.ClH/c1-3-5-7-9-11-13-15-17-18(19)16-14-12-10-8-6-4-2;/h18H,3-17,19H2,1-2H3;1H. The summed E-state index contributed by atoms with van der Waals surface area (Å²) in [5.41, 5.74) is 6.18. The molecule has 2 heteroatoms. The second-order valence-electron chi connectivity index (χ2n) is 6.23. The van der Waals surface area contributed by atoms with Crippen LogP contribution < -0.4 is 5.73 Å². The van der Waals surface area contributed by atoms with Crippen molar-refractivity contribution in [2.24, 2.45) is 5.73 Å². The first-order valence-corrected chi connectivity index (χ1v) is 9.06. The van der Waals surface area contributed by atoms with Crippen molar-refractivity contribution in [3.05, 3.63) is 0 Å². The molecule has 2 N–H and O–H groups in total. The predicted octanol–water partition coefficient (Wildman–Crippen LogP) is 6.63. The van der Waals surface area contributed by atoms with Gasteiger partial charge in [-0.3, -0.25) is 0 Å². The Morgan fingerprint density at radius 2 is 0.850 bits per heavy atom. The van der Waals surface area contributed by atoms with Gasteiger partial charge in [0.15, 0.2) is 0 Å². The van der Waals surface area contributed by atoms with Crippen LogP contribution in [0.15, 0.2) is 0 Å². The van der Waals surface area contributed by atoms with E-state index in [2.05, 4.69) is 13.8 Å². The fourth-order valence-electron chi connectivity index (χ4n) is 2.69. The molecule has 0 aromatic carbocycles. The Bertz CT molecular complexity index is 161. The molecule has 0 aliphatic heterocycles. The molecular formula is C18H40ClN. The zero-order valence-electron chi connectivity index (χ0n) is 14.2. The van der Waals surface area contributed by atoms with E-state index in [1.54, 1.807) is 0 Å². The van der Waals surface area contributed by atoms with Gasteiger partial charge in [0.2, 0.25) is 0 Å². The van der Waals surface area contributed by atoms with Gasteiger partial charge in [0.1, 0.15) is 0 Å². The lowest BCUT2D eigenvalue weighted by molar-refractivity contribution is 0.483. The first-order chi connectivity index (χ1) is 9.31. The molecule has 0 amide bonds. The fraction of sp³-hybridized carbons (Fsp3) is 1.00. The van der Waals surface area contributed by atoms with Gasteiger partial charge >= 0.3 is 0 Å². The zero-order valence-corrected chi connectivity index (χ0v) is 15.0. The lowest BCUT2D eigenvalue weighted by Gasteiger charge is -2.11. The molecule has 0 saturated heterocycles. The Labute approximate surface area is 134 Å². The molecule has 1 unspecified atom stereocenters. The summed E-state index contributed by atoms with van der Waals surface area (Å²) in [6, 6.07) is 0.474. The van der Waals surface area contributed by atoms with E-state index in [1.165, 1.54) is 96.3 Å². The topological polar surface area (TPSA) is 26.0 Å². The van der Waals surface area contributed by atoms with Gasteiger partial charge in [0.05, 0.1) is 0 Å². The molecule has 0 aliphatic rings. The molecule has 0 fully saturated rings. The second-order valence-corrected chi connectivity index (χ2v) is 6.23. The van der Waals surface area contributed by atoms with Crippen LogP contribution in [0.25, 0.3) is 0 Å². The molecule has 0 heterocycles. The van der Waals surface area contributed by atoms with Crippen molar-refractivity contribution >= 4 is 12.4 Å². The molecule has 1 atom stereocenters. The summed E-state index contributed by atoms with van der Waals surface area (Å²) >= 11 is 0. The van der Waals surface area contributed by atoms with Gasteiger partial charge in [0, 0.05) is 6.04 Å². The number of hydrogen-bond acceptors (Lipinski definition) is 1. The molecule has 0 aromatic rings. The number of rotatable bonds is 15. The van der Waals surface area contributed by atoms with Crippen LogP contribution in [0.2, 0.25) is 0 Å². The van der Waals surface area contributed by atoms with E-state index < -0.39 is 0 Å².